The second-order valence-corrected chi connectivity index (χ2v) is 13.1. The molecule has 0 spiro atoms. The summed E-state index contributed by atoms with van der Waals surface area (Å²) in [6.45, 7) is 2.38. The molecule has 0 aliphatic rings. The van der Waals surface area contributed by atoms with E-state index in [9.17, 15) is 34.1 Å². The van der Waals surface area contributed by atoms with Gasteiger partial charge < -0.3 is 25.2 Å². The minimum absolute atomic E-state index is 0.0919. The van der Waals surface area contributed by atoms with Gasteiger partial charge in [-0.05, 0) is 51.4 Å². The van der Waals surface area contributed by atoms with Gasteiger partial charge in [0.25, 0.3) is 0 Å². The van der Waals surface area contributed by atoms with E-state index in [1.165, 1.54) is 32.1 Å². The van der Waals surface area contributed by atoms with Crippen LogP contribution < -0.4 is 5.32 Å². The van der Waals surface area contributed by atoms with E-state index in [1.54, 1.807) is 0 Å². The Kier molecular flexibility index (Phi) is 30.0. The number of carbonyl (C=O) groups excluding carboxylic acids is 2. The Bertz CT molecular complexity index is 1010. The zero-order valence-corrected chi connectivity index (χ0v) is 30.2. The van der Waals surface area contributed by atoms with Gasteiger partial charge in [-0.1, -0.05) is 114 Å². The van der Waals surface area contributed by atoms with E-state index < -0.39 is 57.6 Å². The van der Waals surface area contributed by atoms with Crippen molar-refractivity contribution in [1.29, 1.82) is 0 Å². The molecular formula is C36H62NO10P. The van der Waals surface area contributed by atoms with Crippen molar-refractivity contribution in [3.05, 3.63) is 48.6 Å². The number of amides is 1. The van der Waals surface area contributed by atoms with Crippen LogP contribution >= 0.6 is 7.82 Å². The van der Waals surface area contributed by atoms with Crippen LogP contribution in [-0.2, 0) is 32.7 Å². The summed E-state index contributed by atoms with van der Waals surface area (Å²) in [7, 11) is -4.76. The summed E-state index contributed by atoms with van der Waals surface area (Å²) in [5.41, 5.74) is 0. The summed E-state index contributed by atoms with van der Waals surface area (Å²) in [5, 5.41) is 21.6. The summed E-state index contributed by atoms with van der Waals surface area (Å²) in [6, 6.07) is -1.57. The van der Waals surface area contributed by atoms with Gasteiger partial charge in [0, 0.05) is 12.8 Å². The second-order valence-electron chi connectivity index (χ2n) is 11.7. The Balaban J connectivity index is 4.10. The second kappa shape index (κ2) is 31.7. The summed E-state index contributed by atoms with van der Waals surface area (Å²) >= 11 is 0. The minimum atomic E-state index is -4.76. The molecule has 0 rings (SSSR count). The number of phosphoric ester groups is 1. The van der Waals surface area contributed by atoms with Crippen LogP contribution in [0.1, 0.15) is 129 Å². The van der Waals surface area contributed by atoms with E-state index in [0.29, 0.717) is 12.8 Å². The van der Waals surface area contributed by atoms with Crippen molar-refractivity contribution in [3.63, 3.8) is 0 Å². The molecule has 0 aromatic heterocycles. The molecule has 276 valence electrons. The summed E-state index contributed by atoms with van der Waals surface area (Å²) in [6.07, 6.45) is 31.6. The predicted molar refractivity (Wildman–Crippen MR) is 189 cm³/mol. The monoisotopic (exact) mass is 699 g/mol. The van der Waals surface area contributed by atoms with E-state index in [0.717, 1.165) is 57.8 Å². The number of esters is 1. The molecule has 12 heteroatoms. The number of allylic oxidation sites excluding steroid dienone is 8. The molecule has 4 N–H and O–H groups in total. The van der Waals surface area contributed by atoms with Gasteiger partial charge in [0.2, 0.25) is 5.91 Å². The van der Waals surface area contributed by atoms with Crippen LogP contribution in [0.15, 0.2) is 48.6 Å². The molecule has 0 aromatic rings. The Labute approximate surface area is 288 Å². The van der Waals surface area contributed by atoms with E-state index in [1.807, 2.05) is 6.08 Å². The number of ether oxygens (including phenoxy) is 1. The first kappa shape index (κ1) is 45.4. The number of aliphatic hydroxyl groups is 1. The number of unbranched alkanes of at least 4 members (excludes halogenated alkanes) is 10. The van der Waals surface area contributed by atoms with Gasteiger partial charge in [0.1, 0.15) is 12.7 Å². The molecular weight excluding hydrogens is 637 g/mol. The number of carboxylic acid groups (broad SMARTS) is 1. The lowest BCUT2D eigenvalue weighted by atomic mass is 10.1. The van der Waals surface area contributed by atoms with Crippen molar-refractivity contribution in [2.75, 3.05) is 19.8 Å². The highest BCUT2D eigenvalue weighted by Gasteiger charge is 2.28. The van der Waals surface area contributed by atoms with Crippen LogP contribution in [0.25, 0.3) is 0 Å². The number of nitrogens with one attached hydrogen (secondary N) is 1. The van der Waals surface area contributed by atoms with Crippen molar-refractivity contribution in [2.24, 2.45) is 0 Å². The molecule has 0 saturated carbocycles. The Hall–Kier alpha value is -2.56. The summed E-state index contributed by atoms with van der Waals surface area (Å²) in [5.74, 6) is -2.44. The summed E-state index contributed by atoms with van der Waals surface area (Å²) in [4.78, 5) is 45.5. The fourth-order valence-corrected chi connectivity index (χ4v) is 5.13. The number of rotatable bonds is 32. The maximum absolute atomic E-state index is 12.2. The fraction of sp³-hybridized carbons (Fsp3) is 0.694. The average Bonchev–Trinajstić information content (AvgIpc) is 3.05. The lowest BCUT2D eigenvalue weighted by Gasteiger charge is -2.18. The van der Waals surface area contributed by atoms with Crippen LogP contribution in [0, 0.1) is 0 Å². The number of carbonyl (C=O) groups is 3. The largest absolute Gasteiger partial charge is 0.480 e. The molecule has 1 amide bonds. The van der Waals surface area contributed by atoms with E-state index in [4.69, 9.17) is 13.8 Å². The third kappa shape index (κ3) is 30.8. The van der Waals surface area contributed by atoms with Crippen molar-refractivity contribution in [1.82, 2.24) is 5.32 Å². The highest BCUT2D eigenvalue weighted by Crippen LogP contribution is 2.43. The van der Waals surface area contributed by atoms with E-state index >= 15 is 0 Å². The molecule has 3 atom stereocenters. The van der Waals surface area contributed by atoms with Crippen LogP contribution in [0.4, 0.5) is 0 Å². The van der Waals surface area contributed by atoms with Crippen LogP contribution in [-0.4, -0.2) is 64.9 Å². The van der Waals surface area contributed by atoms with Gasteiger partial charge in [-0.15, -0.1) is 0 Å². The first-order valence-corrected chi connectivity index (χ1v) is 19.2. The van der Waals surface area contributed by atoms with Crippen LogP contribution in [0.2, 0.25) is 0 Å². The molecule has 0 radical (unpaired) electrons. The van der Waals surface area contributed by atoms with Crippen molar-refractivity contribution in [3.8, 4) is 0 Å². The van der Waals surface area contributed by atoms with Crippen molar-refractivity contribution < 1.29 is 47.8 Å². The Morgan fingerprint density at radius 3 is 1.79 bits per heavy atom. The third-order valence-corrected chi connectivity index (χ3v) is 8.08. The maximum atomic E-state index is 12.2. The lowest BCUT2D eigenvalue weighted by molar-refractivity contribution is -0.147. The molecule has 0 aromatic carbocycles. The zero-order valence-electron chi connectivity index (χ0n) is 29.3. The number of aliphatic hydroxyl groups excluding tert-OH is 1. The van der Waals surface area contributed by atoms with Crippen molar-refractivity contribution >= 4 is 25.7 Å². The number of phosphoric acid groups is 1. The first-order chi connectivity index (χ1) is 23.1. The smallest absolute Gasteiger partial charge is 0.472 e. The van der Waals surface area contributed by atoms with Gasteiger partial charge in [0.15, 0.2) is 6.04 Å². The molecule has 48 heavy (non-hydrogen) atoms. The number of carboxylic acids is 1. The quantitative estimate of drug-likeness (QED) is 0.0235. The maximum Gasteiger partial charge on any atom is 0.472 e. The molecule has 0 heterocycles. The SMILES string of the molecule is CC/C=C\C/C=C\C/C=C\C/C=C\CCCCC(=O)NC(COP(=O)(O)OCC(O)COC(=O)CCCCCCCCCCC)C(=O)O. The highest BCUT2D eigenvalue weighted by molar-refractivity contribution is 7.47. The minimum Gasteiger partial charge on any atom is -0.480 e. The Morgan fingerprint density at radius 2 is 1.21 bits per heavy atom. The fourth-order valence-electron chi connectivity index (χ4n) is 4.36. The molecule has 3 unspecified atom stereocenters. The molecule has 0 bridgehead atoms. The van der Waals surface area contributed by atoms with Crippen LogP contribution in [0.3, 0.4) is 0 Å². The van der Waals surface area contributed by atoms with Crippen LogP contribution in [0.5, 0.6) is 0 Å². The molecule has 0 fully saturated rings. The van der Waals surface area contributed by atoms with Gasteiger partial charge in [-0.25, -0.2) is 9.36 Å². The lowest BCUT2D eigenvalue weighted by Crippen LogP contribution is -2.43. The first-order valence-electron chi connectivity index (χ1n) is 17.7. The molecule has 0 saturated heterocycles. The van der Waals surface area contributed by atoms with E-state index in [-0.39, 0.29) is 12.8 Å². The van der Waals surface area contributed by atoms with Gasteiger partial charge in [-0.3, -0.25) is 18.6 Å². The molecule has 0 aliphatic heterocycles. The van der Waals surface area contributed by atoms with Gasteiger partial charge in [-0.2, -0.15) is 0 Å². The normalized spacial score (nSPS) is 14.6. The third-order valence-electron chi connectivity index (χ3n) is 7.13. The number of hydrogen-bond acceptors (Lipinski definition) is 8. The number of hydrogen-bond donors (Lipinski definition) is 4. The number of aliphatic carboxylic acids is 1. The topological polar surface area (TPSA) is 169 Å². The van der Waals surface area contributed by atoms with Gasteiger partial charge >= 0.3 is 19.8 Å². The van der Waals surface area contributed by atoms with E-state index in [2.05, 4.69) is 61.7 Å². The summed E-state index contributed by atoms with van der Waals surface area (Å²) < 4.78 is 26.6. The Morgan fingerprint density at radius 1 is 0.688 bits per heavy atom. The standard InChI is InChI=1S/C36H62NO10P/c1-3-5-7-9-11-13-14-15-16-17-18-20-21-23-25-27-34(39)37-33(36(41)42)31-47-48(43,44)46-30-32(38)29-45-35(40)28-26-24-22-19-12-10-8-6-4-2/h5,7,11,13,15-16,18,20,32-33,38H,3-4,6,8-10,12,14,17,19,21-31H2,1-2H3,(H,37,39)(H,41,42)(H,43,44)/b7-5-,13-11-,16-15-,20-18-. The highest BCUT2D eigenvalue weighted by atomic mass is 31.2. The molecule has 11 nitrogen and oxygen atoms in total. The van der Waals surface area contributed by atoms with Gasteiger partial charge in [0.05, 0.1) is 13.2 Å². The predicted octanol–water partition coefficient (Wildman–Crippen LogP) is 7.88. The average molecular weight is 700 g/mol. The van der Waals surface area contributed by atoms with Crippen molar-refractivity contribution in [2.45, 2.75) is 142 Å². The zero-order chi connectivity index (χ0) is 35.7. The molecule has 0 aliphatic carbocycles.